The van der Waals surface area contributed by atoms with Crippen molar-refractivity contribution in [1.82, 2.24) is 14.8 Å². The van der Waals surface area contributed by atoms with Gasteiger partial charge in [-0.1, -0.05) is 18.1 Å². The molecule has 0 spiro atoms. The smallest absolute Gasteiger partial charge is 0.0791 e. The summed E-state index contributed by atoms with van der Waals surface area (Å²) in [7, 11) is 0. The van der Waals surface area contributed by atoms with Gasteiger partial charge in [0.15, 0.2) is 0 Å². The van der Waals surface area contributed by atoms with Gasteiger partial charge in [0.05, 0.1) is 12.1 Å². The average Bonchev–Trinajstić information content (AvgIpc) is 2.91. The molecule has 5 rings (SSSR count). The lowest BCUT2D eigenvalue weighted by Crippen LogP contribution is -2.47. The summed E-state index contributed by atoms with van der Waals surface area (Å²) in [6, 6.07) is 8.07. The van der Waals surface area contributed by atoms with Crippen LogP contribution in [-0.2, 0) is 13.0 Å². The summed E-state index contributed by atoms with van der Waals surface area (Å²) < 4.78 is 2.57. The van der Waals surface area contributed by atoms with E-state index in [0.29, 0.717) is 12.1 Å². The molecule has 2 aliphatic carbocycles. The van der Waals surface area contributed by atoms with Gasteiger partial charge in [0.25, 0.3) is 0 Å². The van der Waals surface area contributed by atoms with Crippen molar-refractivity contribution in [1.29, 1.82) is 0 Å². The first-order valence-electron chi connectivity index (χ1n) is 10.5. The number of rotatable bonds is 5. The van der Waals surface area contributed by atoms with E-state index in [4.69, 9.17) is 0 Å². The number of benzene rings is 1. The zero-order chi connectivity index (χ0) is 17.7. The summed E-state index contributed by atoms with van der Waals surface area (Å²) in [5, 5.41) is 15.6. The molecule has 2 N–H and O–H groups in total. The van der Waals surface area contributed by atoms with Crippen LogP contribution in [0.5, 0.6) is 0 Å². The monoisotopic (exact) mass is 353 g/mol. The molecule has 1 saturated carbocycles. The van der Waals surface area contributed by atoms with Gasteiger partial charge >= 0.3 is 0 Å². The van der Waals surface area contributed by atoms with E-state index in [0.717, 1.165) is 26.2 Å². The zero-order valence-corrected chi connectivity index (χ0v) is 15.9. The van der Waals surface area contributed by atoms with Crippen molar-refractivity contribution in [3.05, 3.63) is 35.0 Å². The topological polar surface area (TPSA) is 40.4 Å². The second-order valence-electron chi connectivity index (χ2n) is 8.63. The van der Waals surface area contributed by atoms with Gasteiger partial charge in [-0.3, -0.25) is 4.90 Å². The molecule has 1 aromatic heterocycles. The fourth-order valence-corrected chi connectivity index (χ4v) is 5.26. The van der Waals surface area contributed by atoms with E-state index in [1.807, 2.05) is 0 Å². The highest BCUT2D eigenvalue weighted by molar-refractivity contribution is 5.87. The second kappa shape index (κ2) is 6.66. The summed E-state index contributed by atoms with van der Waals surface area (Å²) in [6.45, 7) is 5.83. The van der Waals surface area contributed by atoms with Crippen molar-refractivity contribution in [3.63, 3.8) is 0 Å². The predicted molar refractivity (Wildman–Crippen MR) is 106 cm³/mol. The highest BCUT2D eigenvalue weighted by Crippen LogP contribution is 2.42. The molecule has 0 amide bonds. The molecule has 1 aromatic carbocycles. The summed E-state index contributed by atoms with van der Waals surface area (Å²) in [4.78, 5) is 2.55. The number of fused-ring (bicyclic) bond motifs is 3. The Balaban J connectivity index is 1.38. The Bertz CT molecular complexity index is 807. The molecule has 2 heterocycles. The van der Waals surface area contributed by atoms with Crippen LogP contribution in [0.15, 0.2) is 18.2 Å². The Morgan fingerprint density at radius 1 is 1.19 bits per heavy atom. The first-order valence-corrected chi connectivity index (χ1v) is 10.5. The van der Waals surface area contributed by atoms with Crippen LogP contribution in [0.3, 0.4) is 0 Å². The van der Waals surface area contributed by atoms with Crippen molar-refractivity contribution in [3.8, 4) is 0 Å². The van der Waals surface area contributed by atoms with E-state index in [-0.39, 0.29) is 6.10 Å². The minimum Gasteiger partial charge on any atom is -0.390 e. The van der Waals surface area contributed by atoms with Gasteiger partial charge in [-0.15, -0.1) is 0 Å². The van der Waals surface area contributed by atoms with E-state index in [1.165, 1.54) is 55.0 Å². The van der Waals surface area contributed by atoms with Crippen LogP contribution in [0.2, 0.25) is 0 Å². The Morgan fingerprint density at radius 2 is 2.08 bits per heavy atom. The number of hydrogen-bond donors (Lipinski definition) is 2. The molecule has 0 bridgehead atoms. The largest absolute Gasteiger partial charge is 0.390 e. The number of aryl methyl sites for hydroxylation is 2. The lowest BCUT2D eigenvalue weighted by molar-refractivity contribution is 0.0609. The van der Waals surface area contributed by atoms with Gasteiger partial charge < -0.3 is 15.0 Å². The molecule has 1 aliphatic heterocycles. The van der Waals surface area contributed by atoms with Crippen molar-refractivity contribution >= 4 is 10.9 Å². The Kier molecular flexibility index (Phi) is 4.30. The molecule has 1 fully saturated rings. The lowest BCUT2D eigenvalue weighted by atomic mass is 9.89. The van der Waals surface area contributed by atoms with Crippen LogP contribution >= 0.6 is 0 Å². The summed E-state index contributed by atoms with van der Waals surface area (Å²) >= 11 is 0. The summed E-state index contributed by atoms with van der Waals surface area (Å²) in [6.07, 6.45) is 7.33. The number of nitrogens with one attached hydrogen (secondary N) is 1. The third kappa shape index (κ3) is 2.79. The maximum absolute atomic E-state index is 10.6. The van der Waals surface area contributed by atoms with Crippen LogP contribution in [-0.4, -0.2) is 46.4 Å². The second-order valence-corrected chi connectivity index (χ2v) is 8.63. The maximum atomic E-state index is 10.6. The van der Waals surface area contributed by atoms with E-state index in [9.17, 15) is 5.11 Å². The number of nitrogens with zero attached hydrogens (tertiary/aromatic N) is 2. The number of hydrogen-bond acceptors (Lipinski definition) is 3. The molecular formula is C22H31N3O. The van der Waals surface area contributed by atoms with Gasteiger partial charge in [-0.25, -0.2) is 0 Å². The average molecular weight is 354 g/mol. The highest BCUT2D eigenvalue weighted by Gasteiger charge is 2.35. The highest BCUT2D eigenvalue weighted by atomic mass is 16.3. The van der Waals surface area contributed by atoms with Crippen molar-refractivity contribution in [2.45, 2.75) is 70.2 Å². The molecule has 140 valence electrons. The van der Waals surface area contributed by atoms with E-state index >= 15 is 0 Å². The predicted octanol–water partition coefficient (Wildman–Crippen LogP) is 3.15. The minimum absolute atomic E-state index is 0.265. The van der Waals surface area contributed by atoms with Crippen LogP contribution < -0.4 is 5.32 Å². The quantitative estimate of drug-likeness (QED) is 0.868. The molecule has 4 heteroatoms. The number of aliphatic hydroxyl groups excluding tert-OH is 1. The molecule has 26 heavy (non-hydrogen) atoms. The Hall–Kier alpha value is -1.36. The van der Waals surface area contributed by atoms with E-state index in [1.54, 1.807) is 11.3 Å². The molecule has 0 saturated heterocycles. The normalized spacial score (nSPS) is 24.5. The Labute approximate surface area is 156 Å². The van der Waals surface area contributed by atoms with Gasteiger partial charge in [0.2, 0.25) is 0 Å². The van der Waals surface area contributed by atoms with Gasteiger partial charge in [0.1, 0.15) is 0 Å². The fraction of sp³-hybridized carbons (Fsp3) is 0.636. The van der Waals surface area contributed by atoms with Crippen molar-refractivity contribution in [2.75, 3.05) is 19.6 Å². The van der Waals surface area contributed by atoms with Crippen molar-refractivity contribution in [2.24, 2.45) is 0 Å². The van der Waals surface area contributed by atoms with Gasteiger partial charge in [-0.2, -0.15) is 0 Å². The van der Waals surface area contributed by atoms with Crippen LogP contribution in [0.1, 0.15) is 55.0 Å². The number of β-amino-alcohol motifs (C(OH)–C–C–N with tert-alkyl or cyclic N) is 1. The SMILES string of the molecule is Cc1ccc2c(c1)c1c3n2CCN(CC(O)CNC2CCC2)C3CCC1. The maximum Gasteiger partial charge on any atom is 0.0791 e. The molecule has 2 unspecified atom stereocenters. The zero-order valence-electron chi connectivity index (χ0n) is 15.9. The standard InChI is InChI=1S/C22H31N3O/c1-15-8-9-20-19(12-15)18-6-3-7-21-22(18)25(20)11-10-24(21)14-17(26)13-23-16-4-2-5-16/h8-9,12,16-17,21,23,26H,2-7,10-11,13-14H2,1H3. The van der Waals surface area contributed by atoms with Crippen LogP contribution in [0, 0.1) is 6.92 Å². The van der Waals surface area contributed by atoms with E-state index < -0.39 is 0 Å². The first-order chi connectivity index (χ1) is 12.7. The molecule has 2 aromatic rings. The van der Waals surface area contributed by atoms with Gasteiger partial charge in [0, 0.05) is 48.8 Å². The summed E-state index contributed by atoms with van der Waals surface area (Å²) in [5.74, 6) is 0. The summed E-state index contributed by atoms with van der Waals surface area (Å²) in [5.41, 5.74) is 5.89. The van der Waals surface area contributed by atoms with Crippen molar-refractivity contribution < 1.29 is 5.11 Å². The van der Waals surface area contributed by atoms with Crippen LogP contribution in [0.4, 0.5) is 0 Å². The van der Waals surface area contributed by atoms with E-state index in [2.05, 4.69) is 39.9 Å². The molecule has 3 aliphatic rings. The molecule has 2 atom stereocenters. The lowest BCUT2D eigenvalue weighted by Gasteiger charge is -2.41. The molecule has 0 radical (unpaired) electrons. The minimum atomic E-state index is -0.265. The third-order valence-corrected chi connectivity index (χ3v) is 6.83. The van der Waals surface area contributed by atoms with Crippen LogP contribution in [0.25, 0.3) is 10.9 Å². The third-order valence-electron chi connectivity index (χ3n) is 6.83. The fourth-order valence-electron chi connectivity index (χ4n) is 5.26. The Morgan fingerprint density at radius 3 is 2.88 bits per heavy atom. The number of aromatic nitrogens is 1. The first kappa shape index (κ1) is 16.8. The number of aliphatic hydroxyl groups is 1. The van der Waals surface area contributed by atoms with Gasteiger partial charge in [-0.05, 0) is 56.7 Å². The molecular weight excluding hydrogens is 322 g/mol. The molecule has 4 nitrogen and oxygen atoms in total.